The molecule has 0 aliphatic carbocycles. The molecule has 9 aromatic rings. The zero-order valence-corrected chi connectivity index (χ0v) is 33.7. The van der Waals surface area contributed by atoms with Gasteiger partial charge in [-0.05, 0) is 124 Å². The summed E-state index contributed by atoms with van der Waals surface area (Å²) in [5.41, 5.74) is 23.1. The maximum absolute atomic E-state index is 8.79. The molecule has 0 bridgehead atoms. The number of nitrogens with zero attached hydrogens (tertiary/aromatic N) is 2. The molecule has 292 valence electrons. The molecule has 61 heavy (non-hydrogen) atoms. The first-order valence-electron chi connectivity index (χ1n) is 20.8. The summed E-state index contributed by atoms with van der Waals surface area (Å²) in [6, 6.07) is 68.7. The van der Waals surface area contributed by atoms with Crippen LogP contribution in [-0.4, -0.2) is 16.8 Å². The summed E-state index contributed by atoms with van der Waals surface area (Å²) in [6.45, 7) is 0.811. The van der Waals surface area contributed by atoms with Gasteiger partial charge >= 0.3 is 0 Å². The predicted octanol–water partition coefficient (Wildman–Crippen LogP) is 14.0. The Morgan fingerprint density at radius 1 is 0.475 bits per heavy atom. The standard InChI is InChI=1S/C57H44N4/c58-53(41-15-6-3-7-16-41)39-54(59)47-21-14-20-44(36-47)43-19-13-18-42(35-43)40-26-30-50(31-27-40)61-56-25-11-10-24-51(56)52-38-46(29-33-57(52)61)45-28-32-55-48(37-45)17-5-1-2-12-34-60(55)49-22-8-4-9-23-49/h1-16,18-33,35-39,59H,17,34,58H2/b5-1-,12-2-,53-39-,59-54?. The molecule has 0 saturated heterocycles. The van der Waals surface area contributed by atoms with E-state index in [9.17, 15) is 0 Å². The average molecular weight is 785 g/mol. The van der Waals surface area contributed by atoms with Crippen LogP contribution in [0.25, 0.3) is 66.6 Å². The van der Waals surface area contributed by atoms with E-state index in [0.29, 0.717) is 11.4 Å². The summed E-state index contributed by atoms with van der Waals surface area (Å²) in [7, 11) is 0. The van der Waals surface area contributed by atoms with Gasteiger partial charge in [0.2, 0.25) is 0 Å². The highest BCUT2D eigenvalue weighted by Crippen LogP contribution is 2.38. The normalized spacial score (nSPS) is 13.9. The van der Waals surface area contributed by atoms with E-state index in [1.807, 2.05) is 42.5 Å². The van der Waals surface area contributed by atoms with Crippen molar-refractivity contribution in [3.05, 3.63) is 241 Å². The van der Waals surface area contributed by atoms with Crippen molar-refractivity contribution < 1.29 is 0 Å². The van der Waals surface area contributed by atoms with Gasteiger partial charge in [0.1, 0.15) is 0 Å². The number of allylic oxidation sites excluding steroid dienone is 4. The van der Waals surface area contributed by atoms with Crippen LogP contribution in [0.1, 0.15) is 16.7 Å². The van der Waals surface area contributed by atoms with E-state index in [1.165, 1.54) is 49.9 Å². The lowest BCUT2D eigenvalue weighted by molar-refractivity contribution is 1.07. The molecule has 0 radical (unpaired) electrons. The van der Waals surface area contributed by atoms with Gasteiger partial charge in [-0.1, -0.05) is 152 Å². The van der Waals surface area contributed by atoms with Gasteiger partial charge in [0.25, 0.3) is 0 Å². The summed E-state index contributed by atoms with van der Waals surface area (Å²) < 4.78 is 2.38. The van der Waals surface area contributed by atoms with Crippen LogP contribution in [-0.2, 0) is 6.42 Å². The number of hydrogen-bond acceptors (Lipinski definition) is 3. The molecule has 10 rings (SSSR count). The Hall–Kier alpha value is -7.95. The third-order valence-electron chi connectivity index (χ3n) is 11.7. The molecule has 0 atom stereocenters. The largest absolute Gasteiger partial charge is 0.398 e. The summed E-state index contributed by atoms with van der Waals surface area (Å²) in [4.78, 5) is 2.40. The summed E-state index contributed by atoms with van der Waals surface area (Å²) >= 11 is 0. The van der Waals surface area contributed by atoms with E-state index in [-0.39, 0.29) is 0 Å². The lowest BCUT2D eigenvalue weighted by Crippen LogP contribution is -2.18. The van der Waals surface area contributed by atoms with E-state index in [2.05, 4.69) is 185 Å². The lowest BCUT2D eigenvalue weighted by Gasteiger charge is -2.26. The molecule has 0 spiro atoms. The van der Waals surface area contributed by atoms with Crippen molar-refractivity contribution in [2.75, 3.05) is 11.4 Å². The lowest BCUT2D eigenvalue weighted by atomic mass is 9.96. The van der Waals surface area contributed by atoms with Crippen LogP contribution in [0.2, 0.25) is 0 Å². The molecule has 3 N–H and O–H groups in total. The Labute approximate surface area is 357 Å². The smallest absolute Gasteiger partial charge is 0.0633 e. The molecule has 4 nitrogen and oxygen atoms in total. The van der Waals surface area contributed by atoms with Gasteiger partial charge in [0.05, 0.1) is 16.7 Å². The minimum atomic E-state index is 0.377. The Bertz CT molecular complexity index is 3150. The first-order valence-corrected chi connectivity index (χ1v) is 20.8. The maximum Gasteiger partial charge on any atom is 0.0633 e. The van der Waals surface area contributed by atoms with Crippen molar-refractivity contribution >= 4 is 44.6 Å². The fourth-order valence-corrected chi connectivity index (χ4v) is 8.59. The zero-order valence-electron chi connectivity index (χ0n) is 33.7. The first-order chi connectivity index (χ1) is 30.1. The highest BCUT2D eigenvalue weighted by atomic mass is 15.1. The van der Waals surface area contributed by atoms with Gasteiger partial charge in [-0.25, -0.2) is 0 Å². The fraction of sp³-hybridized carbons (Fsp3) is 0.0351. The number of nitrogens with two attached hydrogens (primary N) is 1. The molecule has 1 aromatic heterocycles. The number of rotatable bonds is 8. The second-order valence-electron chi connectivity index (χ2n) is 15.5. The molecule has 1 aliphatic rings. The highest BCUT2D eigenvalue weighted by molar-refractivity contribution is 6.11. The van der Waals surface area contributed by atoms with Gasteiger partial charge in [0.15, 0.2) is 0 Å². The zero-order chi connectivity index (χ0) is 41.1. The molecule has 4 heteroatoms. The van der Waals surface area contributed by atoms with Crippen LogP contribution in [0.5, 0.6) is 0 Å². The second-order valence-corrected chi connectivity index (χ2v) is 15.5. The quantitative estimate of drug-likeness (QED) is 0.151. The fourth-order valence-electron chi connectivity index (χ4n) is 8.59. The van der Waals surface area contributed by atoms with Crippen LogP contribution >= 0.6 is 0 Å². The first kappa shape index (κ1) is 37.3. The van der Waals surface area contributed by atoms with Crippen LogP contribution < -0.4 is 10.6 Å². The topological polar surface area (TPSA) is 58.0 Å². The third-order valence-corrected chi connectivity index (χ3v) is 11.7. The average Bonchev–Trinajstić information content (AvgIpc) is 3.70. The number of aromatic nitrogens is 1. The van der Waals surface area contributed by atoms with Crippen LogP contribution in [0.3, 0.4) is 0 Å². The Kier molecular flexibility index (Phi) is 10.0. The van der Waals surface area contributed by atoms with Gasteiger partial charge in [0, 0.05) is 45.6 Å². The van der Waals surface area contributed by atoms with Crippen LogP contribution in [0.4, 0.5) is 11.4 Å². The van der Waals surface area contributed by atoms with Gasteiger partial charge in [-0.15, -0.1) is 0 Å². The highest BCUT2D eigenvalue weighted by Gasteiger charge is 2.17. The van der Waals surface area contributed by atoms with Gasteiger partial charge in [-0.2, -0.15) is 0 Å². The molecule has 0 fully saturated rings. The molecule has 0 unspecified atom stereocenters. The van der Waals surface area contributed by atoms with Crippen LogP contribution in [0.15, 0.2) is 225 Å². The molecule has 0 saturated carbocycles. The van der Waals surface area contributed by atoms with Crippen molar-refractivity contribution in [1.29, 1.82) is 5.41 Å². The van der Waals surface area contributed by atoms with Crippen molar-refractivity contribution in [3.63, 3.8) is 0 Å². The van der Waals surface area contributed by atoms with E-state index in [1.54, 1.807) is 6.08 Å². The number of anilines is 2. The van der Waals surface area contributed by atoms with Gasteiger partial charge < -0.3 is 20.6 Å². The number of nitrogens with one attached hydrogen (secondary N) is 1. The van der Waals surface area contributed by atoms with Crippen molar-refractivity contribution in [2.24, 2.45) is 5.73 Å². The number of hydrogen-bond donors (Lipinski definition) is 2. The predicted molar refractivity (Wildman–Crippen MR) is 258 cm³/mol. The van der Waals surface area contributed by atoms with E-state index in [4.69, 9.17) is 11.1 Å². The van der Waals surface area contributed by atoms with Gasteiger partial charge in [-0.3, -0.25) is 0 Å². The minimum absolute atomic E-state index is 0.377. The number of fused-ring (bicyclic) bond motifs is 4. The summed E-state index contributed by atoms with van der Waals surface area (Å²) in [5.74, 6) is 0. The van der Waals surface area contributed by atoms with Crippen molar-refractivity contribution in [2.45, 2.75) is 6.42 Å². The van der Waals surface area contributed by atoms with E-state index >= 15 is 0 Å². The maximum atomic E-state index is 8.79. The Balaban J connectivity index is 0.951. The molecular formula is C57H44N4. The Morgan fingerprint density at radius 2 is 1.08 bits per heavy atom. The van der Waals surface area contributed by atoms with Crippen molar-refractivity contribution in [3.8, 4) is 39.1 Å². The summed E-state index contributed by atoms with van der Waals surface area (Å²) in [6.07, 6.45) is 11.4. The monoisotopic (exact) mass is 784 g/mol. The molecule has 2 heterocycles. The molecular weight excluding hydrogens is 741 g/mol. The molecule has 1 aliphatic heterocycles. The molecule has 8 aromatic carbocycles. The Morgan fingerprint density at radius 3 is 1.90 bits per heavy atom. The summed E-state index contributed by atoms with van der Waals surface area (Å²) in [5, 5.41) is 11.3. The second kappa shape index (κ2) is 16.4. The number of benzene rings is 8. The third kappa shape index (κ3) is 7.48. The minimum Gasteiger partial charge on any atom is -0.398 e. The SMILES string of the molecule is N=C(/C=C(\N)c1ccccc1)c1cccc(-c2cccc(-c3ccc(-n4c5ccccc5c5cc(-c6ccc7c(c6)C/C=C\C=C/CN7c6ccccc6)ccc54)cc3)c2)c1. The molecule has 0 amide bonds. The number of para-hydroxylation sites is 2. The van der Waals surface area contributed by atoms with Crippen molar-refractivity contribution in [1.82, 2.24) is 4.57 Å². The van der Waals surface area contributed by atoms with E-state index in [0.717, 1.165) is 52.0 Å². The van der Waals surface area contributed by atoms with E-state index < -0.39 is 0 Å². The van der Waals surface area contributed by atoms with Crippen LogP contribution in [0, 0.1) is 5.41 Å².